The molecule has 0 amide bonds. The quantitative estimate of drug-likeness (QED) is 0.353. The lowest BCUT2D eigenvalue weighted by molar-refractivity contribution is 0.0205. The van der Waals surface area contributed by atoms with Gasteiger partial charge in [-0.3, -0.25) is 4.99 Å². The molecule has 1 aromatic heterocycles. The number of guanidine groups is 1. The fourth-order valence-corrected chi connectivity index (χ4v) is 3.28. The summed E-state index contributed by atoms with van der Waals surface area (Å²) in [6, 6.07) is 4.28. The first-order valence-corrected chi connectivity index (χ1v) is 10.0. The first-order valence-electron chi connectivity index (χ1n) is 10.0. The summed E-state index contributed by atoms with van der Waals surface area (Å²) in [7, 11) is 3.54. The molecule has 2 rings (SSSR count). The van der Waals surface area contributed by atoms with E-state index in [1.807, 2.05) is 6.20 Å². The lowest BCUT2D eigenvalue weighted by Crippen LogP contribution is -2.45. The van der Waals surface area contributed by atoms with E-state index in [9.17, 15) is 0 Å². The van der Waals surface area contributed by atoms with Crippen molar-refractivity contribution in [2.75, 3.05) is 38.7 Å². The molecule has 1 fully saturated rings. The van der Waals surface area contributed by atoms with Gasteiger partial charge in [0.2, 0.25) is 0 Å². The summed E-state index contributed by atoms with van der Waals surface area (Å²) in [6.45, 7) is 12.5. The molecule has 0 aromatic carbocycles. The molecule has 0 bridgehead atoms. The van der Waals surface area contributed by atoms with Crippen LogP contribution in [-0.2, 0) is 11.3 Å². The molecule has 1 aliphatic heterocycles. The highest BCUT2D eigenvalue weighted by atomic mass is 127. The number of nitrogens with zero attached hydrogens (tertiary/aromatic N) is 3. The molecule has 0 spiro atoms. The van der Waals surface area contributed by atoms with Gasteiger partial charge in [-0.05, 0) is 35.8 Å². The number of hydrogen-bond acceptors (Lipinski definition) is 4. The standard InChI is InChI=1S/C21H37N5O.HI/c1-16-9-11-26(12-10-16)19-8-7-17(13-23-19)14-24-20(22-5)25-15-18(27-6)21(2,3)4;/h7-8,13,16,18H,9-12,14-15H2,1-6H3,(H2,22,24,25);1H. The van der Waals surface area contributed by atoms with E-state index in [0.717, 1.165) is 36.3 Å². The van der Waals surface area contributed by atoms with Crippen LogP contribution in [-0.4, -0.2) is 50.8 Å². The molecule has 2 N–H and O–H groups in total. The van der Waals surface area contributed by atoms with Gasteiger partial charge in [0.1, 0.15) is 5.82 Å². The summed E-state index contributed by atoms with van der Waals surface area (Å²) >= 11 is 0. The molecule has 0 radical (unpaired) electrons. The van der Waals surface area contributed by atoms with Crippen molar-refractivity contribution in [1.82, 2.24) is 15.6 Å². The van der Waals surface area contributed by atoms with Crippen LogP contribution in [0.15, 0.2) is 23.3 Å². The molecule has 2 heterocycles. The minimum Gasteiger partial charge on any atom is -0.379 e. The van der Waals surface area contributed by atoms with Crippen LogP contribution in [0.2, 0.25) is 0 Å². The highest BCUT2D eigenvalue weighted by molar-refractivity contribution is 14.0. The average molecular weight is 503 g/mol. The van der Waals surface area contributed by atoms with Crippen LogP contribution in [0, 0.1) is 11.3 Å². The van der Waals surface area contributed by atoms with Crippen LogP contribution in [0.1, 0.15) is 46.1 Å². The van der Waals surface area contributed by atoms with E-state index in [4.69, 9.17) is 4.74 Å². The molecular weight excluding hydrogens is 465 g/mol. The van der Waals surface area contributed by atoms with Crippen molar-refractivity contribution in [3.8, 4) is 0 Å². The lowest BCUT2D eigenvalue weighted by Gasteiger charge is -2.31. The number of methoxy groups -OCH3 is 1. The van der Waals surface area contributed by atoms with Crippen LogP contribution >= 0.6 is 24.0 Å². The number of rotatable bonds is 6. The highest BCUT2D eigenvalue weighted by Crippen LogP contribution is 2.22. The smallest absolute Gasteiger partial charge is 0.191 e. The van der Waals surface area contributed by atoms with Gasteiger partial charge in [0.05, 0.1) is 6.10 Å². The van der Waals surface area contributed by atoms with Crippen LogP contribution < -0.4 is 15.5 Å². The van der Waals surface area contributed by atoms with E-state index in [1.54, 1.807) is 14.2 Å². The third kappa shape index (κ3) is 7.73. The molecule has 160 valence electrons. The molecule has 1 saturated heterocycles. The van der Waals surface area contributed by atoms with Gasteiger partial charge in [-0.25, -0.2) is 4.98 Å². The number of piperidine rings is 1. The monoisotopic (exact) mass is 503 g/mol. The van der Waals surface area contributed by atoms with Crippen LogP contribution in [0.3, 0.4) is 0 Å². The van der Waals surface area contributed by atoms with E-state index in [0.29, 0.717) is 13.1 Å². The van der Waals surface area contributed by atoms with Gasteiger partial charge in [0.25, 0.3) is 0 Å². The zero-order chi connectivity index (χ0) is 19.9. The number of hydrogen-bond donors (Lipinski definition) is 2. The molecule has 28 heavy (non-hydrogen) atoms. The fourth-order valence-electron chi connectivity index (χ4n) is 3.28. The topological polar surface area (TPSA) is 61.8 Å². The molecule has 6 nitrogen and oxygen atoms in total. The number of aliphatic imine (C=N–C) groups is 1. The van der Waals surface area contributed by atoms with E-state index in [-0.39, 0.29) is 35.5 Å². The van der Waals surface area contributed by atoms with Gasteiger partial charge >= 0.3 is 0 Å². The first-order chi connectivity index (χ1) is 12.8. The SMILES string of the molecule is CN=C(NCc1ccc(N2CCC(C)CC2)nc1)NCC(OC)C(C)(C)C.I. The Labute approximate surface area is 187 Å². The predicted octanol–water partition coefficient (Wildman–Crippen LogP) is 3.66. The second-order valence-corrected chi connectivity index (χ2v) is 8.59. The van der Waals surface area contributed by atoms with Crippen LogP contribution in [0.4, 0.5) is 5.82 Å². The maximum Gasteiger partial charge on any atom is 0.191 e. The molecule has 7 heteroatoms. The average Bonchev–Trinajstić information content (AvgIpc) is 2.65. The molecule has 1 aromatic rings. The number of ether oxygens (including phenoxy) is 1. The summed E-state index contributed by atoms with van der Waals surface area (Å²) in [5.41, 5.74) is 1.22. The van der Waals surface area contributed by atoms with Crippen LogP contribution in [0.25, 0.3) is 0 Å². The van der Waals surface area contributed by atoms with Gasteiger partial charge in [0, 0.05) is 46.5 Å². The summed E-state index contributed by atoms with van der Waals surface area (Å²) in [5, 5.41) is 6.70. The van der Waals surface area contributed by atoms with Crippen molar-refractivity contribution in [3.63, 3.8) is 0 Å². The highest BCUT2D eigenvalue weighted by Gasteiger charge is 2.24. The first kappa shape index (κ1) is 24.9. The number of pyridine rings is 1. The van der Waals surface area contributed by atoms with Crippen molar-refractivity contribution < 1.29 is 4.74 Å². The van der Waals surface area contributed by atoms with Crippen LogP contribution in [0.5, 0.6) is 0 Å². The summed E-state index contributed by atoms with van der Waals surface area (Å²) in [4.78, 5) is 11.3. The molecule has 1 unspecified atom stereocenters. The minimum atomic E-state index is 0. The minimum absolute atomic E-state index is 0. The lowest BCUT2D eigenvalue weighted by atomic mass is 9.89. The fraction of sp³-hybridized carbons (Fsp3) is 0.714. The Bertz CT molecular complexity index is 592. The maximum absolute atomic E-state index is 5.59. The Morgan fingerprint density at radius 1 is 1.29 bits per heavy atom. The Morgan fingerprint density at radius 3 is 2.46 bits per heavy atom. The van der Waals surface area contributed by atoms with Crippen molar-refractivity contribution >= 4 is 35.8 Å². The predicted molar refractivity (Wildman–Crippen MR) is 129 cm³/mol. The van der Waals surface area contributed by atoms with E-state index >= 15 is 0 Å². The Balaban J connectivity index is 0.00000392. The molecule has 0 aliphatic carbocycles. The molecule has 0 saturated carbocycles. The summed E-state index contributed by atoms with van der Waals surface area (Å²) in [6.07, 6.45) is 4.58. The molecule has 1 atom stereocenters. The second-order valence-electron chi connectivity index (χ2n) is 8.59. The van der Waals surface area contributed by atoms with Crippen molar-refractivity contribution in [2.45, 2.75) is 53.2 Å². The number of halogens is 1. The number of aromatic nitrogens is 1. The normalized spacial score (nSPS) is 17.1. The molecular formula is C21H38IN5O. The van der Waals surface area contributed by atoms with Gasteiger partial charge in [-0.1, -0.05) is 33.8 Å². The van der Waals surface area contributed by atoms with Crippen molar-refractivity contribution in [2.24, 2.45) is 16.3 Å². The van der Waals surface area contributed by atoms with Gasteiger partial charge in [0.15, 0.2) is 5.96 Å². The van der Waals surface area contributed by atoms with Gasteiger partial charge in [-0.15, -0.1) is 24.0 Å². The Hall–Kier alpha value is -1.09. The summed E-state index contributed by atoms with van der Waals surface area (Å²) < 4.78 is 5.59. The van der Waals surface area contributed by atoms with Gasteiger partial charge < -0.3 is 20.3 Å². The van der Waals surface area contributed by atoms with Crippen molar-refractivity contribution in [3.05, 3.63) is 23.9 Å². The largest absolute Gasteiger partial charge is 0.379 e. The van der Waals surface area contributed by atoms with E-state index in [1.165, 1.54) is 12.8 Å². The molecule has 1 aliphatic rings. The van der Waals surface area contributed by atoms with Crippen molar-refractivity contribution in [1.29, 1.82) is 0 Å². The zero-order valence-electron chi connectivity index (χ0n) is 18.3. The van der Waals surface area contributed by atoms with Gasteiger partial charge in [-0.2, -0.15) is 0 Å². The third-order valence-electron chi connectivity index (χ3n) is 5.31. The van der Waals surface area contributed by atoms with E-state index < -0.39 is 0 Å². The Morgan fingerprint density at radius 2 is 1.96 bits per heavy atom. The van der Waals surface area contributed by atoms with E-state index in [2.05, 4.69) is 65.3 Å². The Kier molecular flexibility index (Phi) is 10.5. The second kappa shape index (κ2) is 11.8. The maximum atomic E-state index is 5.59. The zero-order valence-corrected chi connectivity index (χ0v) is 20.6. The number of anilines is 1. The number of nitrogens with one attached hydrogen (secondary N) is 2. The third-order valence-corrected chi connectivity index (χ3v) is 5.31. The summed E-state index contributed by atoms with van der Waals surface area (Å²) in [5.74, 6) is 2.69.